The fourth-order valence-electron chi connectivity index (χ4n) is 2.19. The fourth-order valence-corrected chi connectivity index (χ4v) is 2.91. The maximum atomic E-state index is 12.4. The van der Waals surface area contributed by atoms with Gasteiger partial charge in [0.25, 0.3) is 5.91 Å². The van der Waals surface area contributed by atoms with Crippen LogP contribution in [0.3, 0.4) is 0 Å². The first kappa shape index (κ1) is 18.8. The molecule has 0 aliphatic carbocycles. The quantitative estimate of drug-likeness (QED) is 0.338. The van der Waals surface area contributed by atoms with Gasteiger partial charge >= 0.3 is 19.2 Å². The maximum Gasteiger partial charge on any atom is 0.478 e. The van der Waals surface area contributed by atoms with Crippen molar-refractivity contribution in [3.8, 4) is 0 Å². The number of carboxylic acids is 1. The molecule has 2 atom stereocenters. The summed E-state index contributed by atoms with van der Waals surface area (Å²) in [5.41, 5.74) is -0.287. The molecule has 1 aromatic heterocycles. The molecule has 0 unspecified atom stereocenters. The molecular formula is C14H15BN2O7S. The van der Waals surface area contributed by atoms with E-state index >= 15 is 0 Å². The summed E-state index contributed by atoms with van der Waals surface area (Å²) in [6.45, 7) is 0. The highest BCUT2D eigenvalue weighted by atomic mass is 32.1. The van der Waals surface area contributed by atoms with Gasteiger partial charge in [0.2, 0.25) is 0 Å². The molecule has 9 nitrogen and oxygen atoms in total. The number of hydrogen-bond donors (Lipinski definition) is 4. The van der Waals surface area contributed by atoms with E-state index in [4.69, 9.17) is 14.9 Å². The molecule has 132 valence electrons. The zero-order valence-electron chi connectivity index (χ0n) is 12.9. The van der Waals surface area contributed by atoms with E-state index in [2.05, 4.69) is 10.3 Å². The highest BCUT2D eigenvalue weighted by Crippen LogP contribution is 2.14. The molecule has 0 bridgehead atoms. The van der Waals surface area contributed by atoms with Gasteiger partial charge in [0.15, 0.2) is 5.71 Å². The van der Waals surface area contributed by atoms with Crippen molar-refractivity contribution in [1.29, 1.82) is 0 Å². The number of aliphatic imine (C=N–C) groups is 1. The number of carbonyl (C=O) groups is 3. The second kappa shape index (κ2) is 8.56. The zero-order valence-corrected chi connectivity index (χ0v) is 13.7. The molecule has 0 saturated carbocycles. The van der Waals surface area contributed by atoms with Crippen LogP contribution in [0.25, 0.3) is 0 Å². The third-order valence-electron chi connectivity index (χ3n) is 3.27. The molecule has 4 N–H and O–H groups in total. The molecule has 0 spiro atoms. The molecule has 0 radical (unpaired) electrons. The number of thiophene rings is 1. The first-order valence-electron chi connectivity index (χ1n) is 7.25. The molecule has 1 aliphatic heterocycles. The Morgan fingerprint density at radius 2 is 2.16 bits per heavy atom. The lowest BCUT2D eigenvalue weighted by Crippen LogP contribution is -2.50. The Morgan fingerprint density at radius 1 is 1.40 bits per heavy atom. The standard InChI is InChI=1S/C14H15BN2O7S/c18-11(19)7-8-3-1-5-10(15(23)24-8)16-13(20)12(17-14(21)22)9-4-2-6-25-9/h1-4,6,8,10,23H,5,7H2,(H,16,20)(H,18,19)(H,21,22)/b17-12+/t8-,10+/m1/s1. The second-order valence-corrected chi connectivity index (χ2v) is 6.07. The minimum atomic E-state index is -1.52. The molecule has 2 amide bonds. The van der Waals surface area contributed by atoms with Crippen LogP contribution in [0.4, 0.5) is 4.79 Å². The van der Waals surface area contributed by atoms with Crippen LogP contribution in [-0.2, 0) is 14.2 Å². The van der Waals surface area contributed by atoms with Crippen molar-refractivity contribution < 1.29 is 34.3 Å². The largest absolute Gasteiger partial charge is 0.481 e. The maximum absolute atomic E-state index is 12.4. The van der Waals surface area contributed by atoms with Gasteiger partial charge in [-0.25, -0.2) is 4.79 Å². The summed E-state index contributed by atoms with van der Waals surface area (Å²) < 4.78 is 5.21. The lowest BCUT2D eigenvalue weighted by atomic mass is 9.77. The van der Waals surface area contributed by atoms with Crippen molar-refractivity contribution in [3.05, 3.63) is 34.5 Å². The van der Waals surface area contributed by atoms with Crippen molar-refractivity contribution in [1.82, 2.24) is 5.32 Å². The fraction of sp³-hybridized carbons (Fsp3) is 0.286. The smallest absolute Gasteiger partial charge is 0.478 e. The van der Waals surface area contributed by atoms with Crippen LogP contribution in [0.15, 0.2) is 34.7 Å². The Labute approximate surface area is 146 Å². The topological polar surface area (TPSA) is 146 Å². The Bertz CT molecular complexity index is 704. The SMILES string of the molecule is O=C(O)C[C@H]1C=CC[C@H](NC(=O)/C(=N/C(=O)O)c2cccs2)B(O)O1. The van der Waals surface area contributed by atoms with Gasteiger partial charge in [-0.3, -0.25) is 9.59 Å². The van der Waals surface area contributed by atoms with Gasteiger partial charge in [-0.05, 0) is 17.9 Å². The number of nitrogens with zero attached hydrogens (tertiary/aromatic N) is 1. The van der Waals surface area contributed by atoms with Crippen LogP contribution < -0.4 is 5.32 Å². The van der Waals surface area contributed by atoms with Crippen LogP contribution >= 0.6 is 11.3 Å². The van der Waals surface area contributed by atoms with Crippen molar-refractivity contribution >= 4 is 42.1 Å². The molecule has 11 heteroatoms. The van der Waals surface area contributed by atoms with E-state index in [1.165, 1.54) is 6.08 Å². The predicted octanol–water partition coefficient (Wildman–Crippen LogP) is 0.540. The van der Waals surface area contributed by atoms with Gasteiger partial charge in [0.1, 0.15) is 0 Å². The van der Waals surface area contributed by atoms with Crippen LogP contribution in [0, 0.1) is 0 Å². The third kappa shape index (κ3) is 5.52. The summed E-state index contributed by atoms with van der Waals surface area (Å²) in [4.78, 5) is 37.6. The van der Waals surface area contributed by atoms with E-state index in [1.807, 2.05) is 0 Å². The first-order chi connectivity index (χ1) is 11.9. The minimum Gasteiger partial charge on any atom is -0.481 e. The van der Waals surface area contributed by atoms with Crippen LogP contribution in [0.2, 0.25) is 0 Å². The molecule has 0 aromatic carbocycles. The van der Waals surface area contributed by atoms with E-state index in [0.717, 1.165) is 11.3 Å². The van der Waals surface area contributed by atoms with Gasteiger partial charge in [0, 0.05) is 0 Å². The summed E-state index contributed by atoms with van der Waals surface area (Å²) in [5.74, 6) is -2.73. The Balaban J connectivity index is 2.09. The number of amides is 2. The van der Waals surface area contributed by atoms with Gasteiger partial charge in [-0.15, -0.1) is 11.3 Å². The lowest BCUT2D eigenvalue weighted by Gasteiger charge is -2.20. The van der Waals surface area contributed by atoms with E-state index in [0.29, 0.717) is 4.88 Å². The Morgan fingerprint density at radius 3 is 2.76 bits per heavy atom. The Kier molecular flexibility index (Phi) is 6.45. The molecule has 0 fully saturated rings. The van der Waals surface area contributed by atoms with Crippen LogP contribution in [0.5, 0.6) is 0 Å². The van der Waals surface area contributed by atoms with Crippen LogP contribution in [-0.4, -0.2) is 58.1 Å². The predicted molar refractivity (Wildman–Crippen MR) is 89.7 cm³/mol. The van der Waals surface area contributed by atoms with Gasteiger partial charge < -0.3 is 25.2 Å². The summed E-state index contributed by atoms with van der Waals surface area (Å²) in [6, 6.07) is 3.20. The summed E-state index contributed by atoms with van der Waals surface area (Å²) in [6.07, 6.45) is 0.614. The summed E-state index contributed by atoms with van der Waals surface area (Å²) in [7, 11) is -1.45. The molecule has 25 heavy (non-hydrogen) atoms. The minimum absolute atomic E-state index is 0.188. The van der Waals surface area contributed by atoms with Crippen molar-refractivity contribution in [3.63, 3.8) is 0 Å². The van der Waals surface area contributed by atoms with E-state index in [9.17, 15) is 19.4 Å². The van der Waals surface area contributed by atoms with Crippen molar-refractivity contribution in [2.75, 3.05) is 0 Å². The monoisotopic (exact) mass is 366 g/mol. The number of rotatable bonds is 5. The molecule has 1 aromatic rings. The van der Waals surface area contributed by atoms with Gasteiger partial charge in [-0.1, -0.05) is 18.2 Å². The van der Waals surface area contributed by atoms with E-state index in [1.54, 1.807) is 23.6 Å². The highest BCUT2D eigenvalue weighted by molar-refractivity contribution is 7.13. The molecule has 1 aliphatic rings. The molecule has 2 rings (SSSR count). The first-order valence-corrected chi connectivity index (χ1v) is 8.13. The molecule has 0 saturated heterocycles. The molecular weight excluding hydrogens is 351 g/mol. The lowest BCUT2D eigenvalue weighted by molar-refractivity contribution is -0.138. The van der Waals surface area contributed by atoms with E-state index in [-0.39, 0.29) is 18.6 Å². The van der Waals surface area contributed by atoms with Crippen molar-refractivity contribution in [2.24, 2.45) is 4.99 Å². The average molecular weight is 366 g/mol. The second-order valence-electron chi connectivity index (χ2n) is 5.13. The van der Waals surface area contributed by atoms with E-state index < -0.39 is 37.1 Å². The number of carbonyl (C=O) groups excluding carboxylic acids is 1. The van der Waals surface area contributed by atoms with Gasteiger partial charge in [0.05, 0.1) is 23.3 Å². The highest BCUT2D eigenvalue weighted by Gasteiger charge is 2.33. The normalized spacial score (nSPS) is 20.8. The summed E-state index contributed by atoms with van der Waals surface area (Å²) in [5, 5.41) is 31.8. The number of carboxylic acid groups (broad SMARTS) is 2. The average Bonchev–Trinajstić information content (AvgIpc) is 2.98. The number of nitrogens with one attached hydrogen (secondary N) is 1. The summed E-state index contributed by atoms with van der Waals surface area (Å²) >= 11 is 1.15. The van der Waals surface area contributed by atoms with Crippen molar-refractivity contribution in [2.45, 2.75) is 24.9 Å². The van der Waals surface area contributed by atoms with Crippen LogP contribution in [0.1, 0.15) is 17.7 Å². The molecule has 2 heterocycles. The number of hydrogen-bond acceptors (Lipinski definition) is 6. The zero-order chi connectivity index (χ0) is 18.4. The Hall–Kier alpha value is -2.50. The third-order valence-corrected chi connectivity index (χ3v) is 4.15. The van der Waals surface area contributed by atoms with Gasteiger partial charge in [-0.2, -0.15) is 4.99 Å². The number of aliphatic carboxylic acids is 1.